The van der Waals surface area contributed by atoms with Crippen LogP contribution in [0.1, 0.15) is 107 Å². The Kier molecular flexibility index (Phi) is 5.63. The maximum Gasteiger partial charge on any atom is 0.302 e. The lowest BCUT2D eigenvalue weighted by Gasteiger charge is -2.69. The summed E-state index contributed by atoms with van der Waals surface area (Å²) in [5.41, 5.74) is 3.33. The molecule has 196 valence electrons. The largest absolute Gasteiger partial charge is 0.462 e. The Labute approximate surface area is 214 Å². The molecule has 9 unspecified atom stereocenters. The van der Waals surface area contributed by atoms with Crippen molar-refractivity contribution in [2.45, 2.75) is 119 Å². The highest BCUT2D eigenvalue weighted by Crippen LogP contribution is 2.73. The first-order chi connectivity index (χ1) is 16.1. The van der Waals surface area contributed by atoms with E-state index in [-0.39, 0.29) is 39.7 Å². The SMILES string of the molecule is CC(=O)OC1CCC2(C)C3=CC=C4C5CC(C)(C)CC(C)C5CCC4(C)C3(C)CC(O)C2C1(C)C. The number of ether oxygens (including phenoxy) is 1. The van der Waals surface area contributed by atoms with Gasteiger partial charge in [-0.25, -0.2) is 0 Å². The molecule has 0 aromatic rings. The van der Waals surface area contributed by atoms with E-state index in [1.165, 1.54) is 32.6 Å². The fourth-order valence-electron chi connectivity index (χ4n) is 10.9. The average Bonchev–Trinajstić information content (AvgIpc) is 2.69. The van der Waals surface area contributed by atoms with Crippen LogP contribution in [0.3, 0.4) is 0 Å². The quantitative estimate of drug-likeness (QED) is 0.394. The second-order valence-electron chi connectivity index (χ2n) is 15.4. The lowest BCUT2D eigenvalue weighted by atomic mass is 9.36. The Bertz CT molecular complexity index is 971. The number of hydrogen-bond acceptors (Lipinski definition) is 3. The van der Waals surface area contributed by atoms with Gasteiger partial charge in [-0.1, -0.05) is 78.7 Å². The van der Waals surface area contributed by atoms with Crippen LogP contribution in [0.4, 0.5) is 0 Å². The van der Waals surface area contributed by atoms with E-state index in [4.69, 9.17) is 4.74 Å². The fourth-order valence-corrected chi connectivity index (χ4v) is 10.9. The van der Waals surface area contributed by atoms with Crippen molar-refractivity contribution in [2.75, 3.05) is 0 Å². The molecule has 4 fully saturated rings. The molecule has 0 spiro atoms. The Morgan fingerprint density at radius 3 is 2.29 bits per heavy atom. The predicted molar refractivity (Wildman–Crippen MR) is 142 cm³/mol. The number of allylic oxidation sites excluding steroid dienone is 4. The van der Waals surface area contributed by atoms with Gasteiger partial charge in [0, 0.05) is 23.7 Å². The molecule has 5 aliphatic rings. The second-order valence-corrected chi connectivity index (χ2v) is 15.4. The third kappa shape index (κ3) is 3.42. The molecule has 9 atom stereocenters. The molecule has 0 radical (unpaired) electrons. The zero-order valence-corrected chi connectivity index (χ0v) is 23.8. The molecule has 1 N–H and O–H groups in total. The van der Waals surface area contributed by atoms with E-state index in [0.29, 0.717) is 11.3 Å². The molecule has 0 aliphatic heterocycles. The van der Waals surface area contributed by atoms with Crippen LogP contribution in [0.2, 0.25) is 0 Å². The van der Waals surface area contributed by atoms with Crippen LogP contribution < -0.4 is 0 Å². The van der Waals surface area contributed by atoms with Gasteiger partial charge in [0.25, 0.3) is 0 Å². The summed E-state index contributed by atoms with van der Waals surface area (Å²) >= 11 is 0. The highest BCUT2D eigenvalue weighted by atomic mass is 16.5. The van der Waals surface area contributed by atoms with E-state index >= 15 is 0 Å². The molecular formula is C32H50O3. The highest BCUT2D eigenvalue weighted by Gasteiger charge is 2.67. The standard InChI is InChI=1S/C32H50O3/c1-19-16-28(3,4)17-22-21(19)12-15-31(8)23(22)10-11-25-30(7)14-13-26(35-20(2)33)29(5,6)27(30)24(34)18-32(25,31)9/h10-11,19,21-22,24,26-27,34H,12-18H2,1-9H3. The van der Waals surface area contributed by atoms with Gasteiger partial charge in [-0.2, -0.15) is 0 Å². The van der Waals surface area contributed by atoms with Gasteiger partial charge in [0.1, 0.15) is 6.10 Å². The van der Waals surface area contributed by atoms with E-state index in [0.717, 1.165) is 31.1 Å². The molecule has 5 aliphatic carbocycles. The molecule has 0 aromatic carbocycles. The summed E-state index contributed by atoms with van der Waals surface area (Å²) in [5.74, 6) is 2.12. The van der Waals surface area contributed by atoms with Crippen molar-refractivity contribution in [3.8, 4) is 0 Å². The van der Waals surface area contributed by atoms with E-state index < -0.39 is 6.10 Å². The molecule has 0 aromatic heterocycles. The number of carbonyl (C=O) groups excluding carboxylic acids is 1. The van der Waals surface area contributed by atoms with Crippen molar-refractivity contribution < 1.29 is 14.6 Å². The summed E-state index contributed by atoms with van der Waals surface area (Å²) in [4.78, 5) is 11.9. The van der Waals surface area contributed by atoms with Crippen molar-refractivity contribution >= 4 is 5.97 Å². The molecule has 0 amide bonds. The van der Waals surface area contributed by atoms with Crippen LogP contribution in [-0.2, 0) is 9.53 Å². The molecule has 0 bridgehead atoms. The van der Waals surface area contributed by atoms with E-state index in [2.05, 4.69) is 67.5 Å². The number of esters is 1. The topological polar surface area (TPSA) is 46.5 Å². The second kappa shape index (κ2) is 7.71. The van der Waals surface area contributed by atoms with Crippen LogP contribution >= 0.6 is 0 Å². The molecule has 35 heavy (non-hydrogen) atoms. The Morgan fingerprint density at radius 1 is 0.943 bits per heavy atom. The van der Waals surface area contributed by atoms with Gasteiger partial charge in [-0.05, 0) is 78.9 Å². The Morgan fingerprint density at radius 2 is 1.63 bits per heavy atom. The lowest BCUT2D eigenvalue weighted by Crippen LogP contribution is -2.64. The molecule has 0 heterocycles. The number of aliphatic hydroxyl groups is 1. The smallest absolute Gasteiger partial charge is 0.302 e. The zero-order chi connectivity index (χ0) is 25.8. The first-order valence-electron chi connectivity index (χ1n) is 14.4. The number of rotatable bonds is 1. The zero-order valence-electron chi connectivity index (χ0n) is 23.8. The highest BCUT2D eigenvalue weighted by molar-refractivity contribution is 5.66. The number of aliphatic hydroxyl groups excluding tert-OH is 1. The molecule has 5 rings (SSSR count). The maximum atomic E-state index is 11.9. The summed E-state index contributed by atoms with van der Waals surface area (Å²) in [6.45, 7) is 20.8. The summed E-state index contributed by atoms with van der Waals surface area (Å²) in [6, 6.07) is 0. The summed E-state index contributed by atoms with van der Waals surface area (Å²) < 4.78 is 5.82. The molecule has 4 saturated carbocycles. The Balaban J connectivity index is 1.60. The van der Waals surface area contributed by atoms with E-state index in [9.17, 15) is 9.90 Å². The predicted octanol–water partition coefficient (Wildman–Crippen LogP) is 7.49. The van der Waals surface area contributed by atoms with Crippen LogP contribution in [-0.4, -0.2) is 23.3 Å². The number of hydrogen-bond donors (Lipinski definition) is 1. The van der Waals surface area contributed by atoms with Crippen LogP contribution in [0.15, 0.2) is 23.3 Å². The number of fused-ring (bicyclic) bond motifs is 7. The van der Waals surface area contributed by atoms with Gasteiger partial charge in [0.2, 0.25) is 0 Å². The van der Waals surface area contributed by atoms with Crippen molar-refractivity contribution in [3.05, 3.63) is 23.3 Å². The fraction of sp³-hybridized carbons (Fsp3) is 0.844. The van der Waals surface area contributed by atoms with Crippen LogP contribution in [0, 0.1) is 50.7 Å². The molecular weight excluding hydrogens is 432 g/mol. The van der Waals surface area contributed by atoms with Crippen LogP contribution in [0.25, 0.3) is 0 Å². The van der Waals surface area contributed by atoms with Crippen molar-refractivity contribution in [2.24, 2.45) is 50.7 Å². The van der Waals surface area contributed by atoms with Gasteiger partial charge < -0.3 is 9.84 Å². The molecule has 3 nitrogen and oxygen atoms in total. The van der Waals surface area contributed by atoms with Crippen LogP contribution in [0.5, 0.6) is 0 Å². The van der Waals surface area contributed by atoms with Crippen molar-refractivity contribution in [3.63, 3.8) is 0 Å². The summed E-state index contributed by atoms with van der Waals surface area (Å²) in [6.07, 6.45) is 12.3. The number of carbonyl (C=O) groups is 1. The van der Waals surface area contributed by atoms with Crippen molar-refractivity contribution in [1.82, 2.24) is 0 Å². The third-order valence-corrected chi connectivity index (χ3v) is 12.3. The average molecular weight is 483 g/mol. The summed E-state index contributed by atoms with van der Waals surface area (Å²) in [5, 5.41) is 11.9. The van der Waals surface area contributed by atoms with Gasteiger partial charge in [-0.3, -0.25) is 4.79 Å². The molecule has 0 saturated heterocycles. The minimum absolute atomic E-state index is 0.0398. The monoisotopic (exact) mass is 482 g/mol. The van der Waals surface area contributed by atoms with Gasteiger partial charge in [-0.15, -0.1) is 0 Å². The maximum absolute atomic E-state index is 11.9. The third-order valence-electron chi connectivity index (χ3n) is 12.3. The summed E-state index contributed by atoms with van der Waals surface area (Å²) in [7, 11) is 0. The normalized spacial score (nSPS) is 49.9. The Hall–Kier alpha value is -1.09. The first-order valence-corrected chi connectivity index (χ1v) is 14.4. The minimum atomic E-state index is -0.397. The first kappa shape index (κ1) is 25.6. The van der Waals surface area contributed by atoms with E-state index in [1.807, 2.05) is 0 Å². The van der Waals surface area contributed by atoms with Gasteiger partial charge in [0.15, 0.2) is 0 Å². The molecule has 3 heteroatoms. The minimum Gasteiger partial charge on any atom is -0.462 e. The lowest BCUT2D eigenvalue weighted by molar-refractivity contribution is -0.192. The van der Waals surface area contributed by atoms with Gasteiger partial charge >= 0.3 is 5.97 Å². The van der Waals surface area contributed by atoms with E-state index in [1.54, 1.807) is 11.1 Å². The van der Waals surface area contributed by atoms with Gasteiger partial charge in [0.05, 0.1) is 6.10 Å². The van der Waals surface area contributed by atoms with Crippen molar-refractivity contribution in [1.29, 1.82) is 0 Å².